The number of carbonyl (C=O) groups excluding carboxylic acids is 3. The Hall–Kier alpha value is -4.87. The summed E-state index contributed by atoms with van der Waals surface area (Å²) in [6.45, 7) is -2.40. The van der Waals surface area contributed by atoms with Crippen molar-refractivity contribution in [2.45, 2.75) is 36.6 Å². The molecule has 2 saturated heterocycles. The Labute approximate surface area is 271 Å². The van der Waals surface area contributed by atoms with Crippen molar-refractivity contribution in [1.29, 1.82) is 0 Å². The van der Waals surface area contributed by atoms with Gasteiger partial charge in [-0.2, -0.15) is 26.3 Å². The Morgan fingerprint density at radius 3 is 2.31 bits per heavy atom. The quantitative estimate of drug-likeness (QED) is 0.0784. The van der Waals surface area contributed by atoms with Gasteiger partial charge in [-0.1, -0.05) is 5.16 Å². The van der Waals surface area contributed by atoms with Gasteiger partial charge in [-0.3, -0.25) is 19.3 Å². The molecule has 4 heterocycles. The number of carboxylic acid groups (broad SMARTS) is 3. The maximum absolute atomic E-state index is 13.0. The molecule has 16 nitrogen and oxygen atoms in total. The van der Waals surface area contributed by atoms with Gasteiger partial charge in [0.05, 0.1) is 0 Å². The van der Waals surface area contributed by atoms with E-state index in [4.69, 9.17) is 20.7 Å². The van der Waals surface area contributed by atoms with Gasteiger partial charge in [0, 0.05) is 23.3 Å². The number of thiazole rings is 1. The first-order valence-electron chi connectivity index (χ1n) is 12.9. The molecule has 24 heteroatoms. The van der Waals surface area contributed by atoms with Crippen LogP contribution in [0.25, 0.3) is 0 Å². The van der Waals surface area contributed by atoms with E-state index in [9.17, 15) is 55.4 Å². The van der Waals surface area contributed by atoms with Gasteiger partial charge in [0.2, 0.25) is 12.5 Å². The van der Waals surface area contributed by atoms with Crippen molar-refractivity contribution in [3.05, 3.63) is 34.0 Å². The number of nitrogens with one attached hydrogen (secondary N) is 1. The molecule has 262 valence electrons. The number of oxime groups is 1. The zero-order valence-electron chi connectivity index (χ0n) is 23.7. The van der Waals surface area contributed by atoms with Crippen LogP contribution in [0.4, 0.5) is 31.5 Å². The summed E-state index contributed by atoms with van der Waals surface area (Å²) in [6.07, 6.45) is -8.08. The highest BCUT2D eigenvalue weighted by molar-refractivity contribution is 8.00. The number of nitrogens with two attached hydrogens (primary N) is 1. The number of thioether (sulfide) groups is 1. The molecular weight excluding hydrogens is 710 g/mol. The van der Waals surface area contributed by atoms with Crippen LogP contribution in [-0.4, -0.2) is 121 Å². The lowest BCUT2D eigenvalue weighted by Crippen LogP contribution is -2.71. The van der Waals surface area contributed by atoms with Gasteiger partial charge in [-0.05, 0) is 24.5 Å². The van der Waals surface area contributed by atoms with Crippen LogP contribution in [0.15, 0.2) is 33.5 Å². The summed E-state index contributed by atoms with van der Waals surface area (Å²) >= 11 is 2.03. The number of nitrogen functional groups attached to an aromatic ring is 1. The van der Waals surface area contributed by atoms with E-state index in [1.165, 1.54) is 11.5 Å². The zero-order valence-corrected chi connectivity index (χ0v) is 25.3. The summed E-state index contributed by atoms with van der Waals surface area (Å²) in [4.78, 5) is 80.5. The van der Waals surface area contributed by atoms with Crippen LogP contribution in [0.3, 0.4) is 0 Å². The highest BCUT2D eigenvalue weighted by Crippen LogP contribution is 2.41. The van der Waals surface area contributed by atoms with E-state index in [2.05, 4.69) is 20.3 Å². The van der Waals surface area contributed by atoms with Crippen molar-refractivity contribution in [1.82, 2.24) is 20.1 Å². The normalized spacial score (nSPS) is 20.8. The van der Waals surface area contributed by atoms with Gasteiger partial charge in [-0.15, -0.1) is 23.1 Å². The third-order valence-electron chi connectivity index (χ3n) is 6.21. The van der Waals surface area contributed by atoms with Crippen LogP contribution in [0.1, 0.15) is 18.5 Å². The van der Waals surface area contributed by atoms with Gasteiger partial charge < -0.3 is 36.1 Å². The van der Waals surface area contributed by atoms with Crippen LogP contribution >= 0.6 is 23.1 Å². The lowest BCUT2D eigenvalue weighted by Gasteiger charge is -2.49. The number of carboxylic acids is 3. The molecule has 0 aromatic carbocycles. The number of fused-ring (bicyclic) bond motifs is 1. The average molecular weight is 733 g/mol. The van der Waals surface area contributed by atoms with Crippen LogP contribution in [0.2, 0.25) is 0 Å². The maximum atomic E-state index is 13.0. The number of alkyl halides is 6. The van der Waals surface area contributed by atoms with Crippen LogP contribution < -0.4 is 11.1 Å². The number of allylic oxidation sites excluding steroid dienone is 1. The number of carbonyl (C=O) groups is 6. The van der Waals surface area contributed by atoms with Gasteiger partial charge in [0.25, 0.3) is 11.8 Å². The number of piperidine rings is 1. The molecule has 0 unspecified atom stereocenters. The summed E-state index contributed by atoms with van der Waals surface area (Å²) in [5.74, 6) is -8.28. The van der Waals surface area contributed by atoms with Crippen molar-refractivity contribution in [3.63, 3.8) is 0 Å². The van der Waals surface area contributed by atoms with Crippen LogP contribution in [-0.2, 0) is 33.6 Å². The predicted octanol–water partition coefficient (Wildman–Crippen LogP) is 1.01. The van der Waals surface area contributed by atoms with Crippen molar-refractivity contribution >= 4 is 69.6 Å². The number of hydrogen-bond donors (Lipinski definition) is 5. The van der Waals surface area contributed by atoms with Crippen molar-refractivity contribution in [2.75, 3.05) is 31.2 Å². The topological polar surface area (TPSA) is 242 Å². The van der Waals surface area contributed by atoms with E-state index in [1.807, 2.05) is 0 Å². The number of rotatable bonds is 9. The molecular formula is C24H22F6N6O10S2. The number of hydrogen-bond acceptors (Lipinski definition) is 12. The second-order valence-corrected chi connectivity index (χ2v) is 11.6. The number of aliphatic carboxylic acids is 3. The summed E-state index contributed by atoms with van der Waals surface area (Å²) < 4.78 is 70.3. The number of aromatic nitrogens is 1. The molecule has 0 saturated carbocycles. The molecule has 3 aliphatic heterocycles. The number of halogens is 6. The van der Waals surface area contributed by atoms with Crippen molar-refractivity contribution in [3.8, 4) is 0 Å². The van der Waals surface area contributed by atoms with Crippen LogP contribution in [0.5, 0.6) is 0 Å². The molecule has 0 spiro atoms. The molecule has 48 heavy (non-hydrogen) atoms. The fourth-order valence-corrected chi connectivity index (χ4v) is 6.15. The summed E-state index contributed by atoms with van der Waals surface area (Å²) in [7, 11) is 0. The molecule has 1 aromatic rings. The highest BCUT2D eigenvalue weighted by Gasteiger charge is 2.54. The highest BCUT2D eigenvalue weighted by atomic mass is 32.2. The number of likely N-dealkylation sites (tertiary alicyclic amines) is 1. The largest absolute Gasteiger partial charge is 0.490 e. The number of anilines is 1. The van der Waals surface area contributed by atoms with Gasteiger partial charge in [0.15, 0.2) is 10.8 Å². The minimum Gasteiger partial charge on any atom is -0.479 e. The summed E-state index contributed by atoms with van der Waals surface area (Å²) in [5, 5.41) is 32.2. The molecule has 1 aromatic heterocycles. The average Bonchev–Trinajstić information content (AvgIpc) is 3.40. The first kappa shape index (κ1) is 37.6. The second kappa shape index (κ2) is 14.9. The smallest absolute Gasteiger partial charge is 0.479 e. The Bertz CT molecular complexity index is 1590. The molecule has 0 bridgehead atoms. The van der Waals surface area contributed by atoms with E-state index in [0.29, 0.717) is 4.90 Å². The minimum atomic E-state index is -5.08. The first-order valence-corrected chi connectivity index (χ1v) is 14.9. The Kier molecular flexibility index (Phi) is 11.7. The number of amides is 3. The lowest BCUT2D eigenvalue weighted by molar-refractivity contribution is -0.192. The third kappa shape index (κ3) is 9.36. The van der Waals surface area contributed by atoms with Gasteiger partial charge in [-0.25, -0.2) is 19.4 Å². The minimum absolute atomic E-state index is 0.00382. The molecule has 2 atom stereocenters. The molecule has 6 N–H and O–H groups in total. The van der Waals surface area contributed by atoms with E-state index in [1.54, 1.807) is 0 Å². The van der Waals surface area contributed by atoms with Crippen molar-refractivity contribution in [2.24, 2.45) is 5.16 Å². The van der Waals surface area contributed by atoms with Crippen LogP contribution in [0, 0.1) is 0 Å². The zero-order chi connectivity index (χ0) is 36.1. The van der Waals surface area contributed by atoms with Gasteiger partial charge in [0.1, 0.15) is 29.4 Å². The third-order valence-corrected chi connectivity index (χ3v) is 8.18. The molecule has 3 amide bonds. The van der Waals surface area contributed by atoms with E-state index < -0.39 is 84.0 Å². The summed E-state index contributed by atoms with van der Waals surface area (Å²) in [6, 6.07) is -1.21. The SMILES string of the molecule is Nc1nc(/C(=N/OCC(=O)O)C(=O)N[C@@H]2C(=O)N3C(C(=O)O)=C(/C=C4\CCCN(CC(F)(F)F)C4=O)CS[C@H]23)cs1.O=C(O)C(F)(F)F. The Balaban J connectivity index is 0.000000804. The Morgan fingerprint density at radius 2 is 1.79 bits per heavy atom. The number of nitrogens with zero attached hydrogens (tertiary/aromatic N) is 4. The monoisotopic (exact) mass is 732 g/mol. The molecule has 3 aliphatic rings. The summed E-state index contributed by atoms with van der Waals surface area (Å²) in [5.41, 5.74) is 4.68. The standard InChI is InChI=1S/C22H21F3N6O8S2.C2HF3O2/c23-22(24,25)8-30-3-1-2-9(17(30)35)4-10-6-40-19-14(18(36)31(19)15(10)20(37)38)28-16(34)13(29-39-5-12(32)33)11-7-41-21(26)27-11;3-2(4,5)1(6)7/h4,7,14,19H,1-3,5-6,8H2,(H2,26,27)(H,28,34)(H,32,33)(H,37,38);(H,6,7)/b9-4+,29-13-;/t14-,19-;/m1./s1. The molecule has 0 radical (unpaired) electrons. The molecule has 0 aliphatic carbocycles. The molecule has 2 fully saturated rings. The van der Waals surface area contributed by atoms with E-state index >= 15 is 0 Å². The fraction of sp³-hybridized carbons (Fsp3) is 0.417. The van der Waals surface area contributed by atoms with Crippen molar-refractivity contribution < 1.29 is 75.3 Å². The first-order chi connectivity index (χ1) is 22.2. The Morgan fingerprint density at radius 1 is 1.15 bits per heavy atom. The fourth-order valence-electron chi connectivity index (χ4n) is 4.30. The molecule has 4 rings (SSSR count). The number of β-lactam (4-membered cyclic amide) rings is 1. The second-order valence-electron chi connectivity index (χ2n) is 9.64. The van der Waals surface area contributed by atoms with E-state index in [0.717, 1.165) is 28.0 Å². The maximum Gasteiger partial charge on any atom is 0.490 e. The lowest BCUT2D eigenvalue weighted by atomic mass is 9.98. The van der Waals surface area contributed by atoms with E-state index in [-0.39, 0.29) is 47.1 Å². The predicted molar refractivity (Wildman–Crippen MR) is 150 cm³/mol. The van der Waals surface area contributed by atoms with Gasteiger partial charge >= 0.3 is 30.3 Å².